The third-order valence-corrected chi connectivity index (χ3v) is 2.83. The number of nitrogens with zero attached hydrogens (tertiary/aromatic N) is 1. The van der Waals surface area contributed by atoms with Crippen molar-refractivity contribution in [3.05, 3.63) is 34.6 Å². The lowest BCUT2D eigenvalue weighted by Crippen LogP contribution is -2.17. The van der Waals surface area contributed by atoms with Crippen LogP contribution in [0.5, 0.6) is 0 Å². The molecule has 0 aliphatic carbocycles. The Morgan fingerprint density at radius 1 is 1.40 bits per heavy atom. The highest BCUT2D eigenvalue weighted by molar-refractivity contribution is 5.98. The van der Waals surface area contributed by atoms with E-state index in [4.69, 9.17) is 0 Å². The summed E-state index contributed by atoms with van der Waals surface area (Å²) in [6, 6.07) is 3.19. The van der Waals surface area contributed by atoms with Gasteiger partial charge < -0.3 is 4.90 Å². The third kappa shape index (κ3) is 1.52. The molecule has 1 aliphatic rings. The molecule has 2 rings (SSSR count). The molecule has 0 bridgehead atoms. The summed E-state index contributed by atoms with van der Waals surface area (Å²) in [5, 5.41) is 0. The zero-order valence-electron chi connectivity index (χ0n) is 9.17. The number of hydrogen-bond acceptors (Lipinski definition) is 1. The Bertz CT molecular complexity index is 426. The first-order valence-corrected chi connectivity index (χ1v) is 5.08. The Kier molecular flexibility index (Phi) is 2.25. The van der Waals surface area contributed by atoms with E-state index < -0.39 is 0 Å². The van der Waals surface area contributed by atoms with Gasteiger partial charge in [-0.15, -0.1) is 0 Å². The zero-order valence-corrected chi connectivity index (χ0v) is 9.17. The summed E-state index contributed by atoms with van der Waals surface area (Å²) in [4.78, 5) is 13.2. The van der Waals surface area contributed by atoms with E-state index >= 15 is 0 Å². The molecule has 0 saturated carbocycles. The standard InChI is InChI=1S/C12H14FNO/c1-7(2)9-4-8-6-14(3)12(15)10(8)5-11(9)13/h4-5,7H,6H2,1-3H3. The van der Waals surface area contributed by atoms with Crippen LogP contribution in [0.1, 0.15) is 41.3 Å². The molecule has 0 spiro atoms. The molecule has 80 valence electrons. The zero-order chi connectivity index (χ0) is 11.2. The van der Waals surface area contributed by atoms with E-state index in [0.29, 0.717) is 17.7 Å². The Labute approximate surface area is 88.7 Å². The quantitative estimate of drug-likeness (QED) is 0.693. The van der Waals surface area contributed by atoms with Gasteiger partial charge in [-0.25, -0.2) is 4.39 Å². The number of fused-ring (bicyclic) bond motifs is 1. The van der Waals surface area contributed by atoms with Gasteiger partial charge in [0.25, 0.3) is 5.91 Å². The minimum absolute atomic E-state index is 0.0841. The number of carbonyl (C=O) groups is 1. The highest BCUT2D eigenvalue weighted by Gasteiger charge is 2.26. The minimum Gasteiger partial charge on any atom is -0.337 e. The van der Waals surface area contributed by atoms with Gasteiger partial charge in [0.15, 0.2) is 0 Å². The first-order valence-electron chi connectivity index (χ1n) is 5.08. The van der Waals surface area contributed by atoms with E-state index in [9.17, 15) is 9.18 Å². The lowest BCUT2D eigenvalue weighted by molar-refractivity contribution is 0.0816. The van der Waals surface area contributed by atoms with E-state index in [2.05, 4.69) is 0 Å². The Morgan fingerprint density at radius 3 is 2.67 bits per heavy atom. The van der Waals surface area contributed by atoms with Gasteiger partial charge in [-0.05, 0) is 23.1 Å². The lowest BCUT2D eigenvalue weighted by atomic mass is 9.98. The maximum atomic E-state index is 13.6. The Morgan fingerprint density at radius 2 is 2.07 bits per heavy atom. The van der Waals surface area contributed by atoms with Crippen molar-refractivity contribution in [3.8, 4) is 0 Å². The molecule has 0 N–H and O–H groups in total. The molecular weight excluding hydrogens is 193 g/mol. The SMILES string of the molecule is CC(C)c1cc2c(cc1F)C(=O)N(C)C2. The molecule has 1 aliphatic heterocycles. The summed E-state index contributed by atoms with van der Waals surface area (Å²) < 4.78 is 13.6. The number of carbonyl (C=O) groups excluding carboxylic acids is 1. The molecule has 1 aromatic rings. The summed E-state index contributed by atoms with van der Waals surface area (Å²) in [7, 11) is 1.73. The van der Waals surface area contributed by atoms with E-state index in [1.807, 2.05) is 19.9 Å². The average Bonchev–Trinajstić information content (AvgIpc) is 2.43. The molecule has 2 nitrogen and oxygen atoms in total. The van der Waals surface area contributed by atoms with Crippen molar-refractivity contribution in [1.29, 1.82) is 0 Å². The van der Waals surface area contributed by atoms with Crippen molar-refractivity contribution in [2.24, 2.45) is 0 Å². The van der Waals surface area contributed by atoms with Crippen LogP contribution < -0.4 is 0 Å². The Hall–Kier alpha value is -1.38. The van der Waals surface area contributed by atoms with Crippen LogP contribution in [0.4, 0.5) is 4.39 Å². The van der Waals surface area contributed by atoms with E-state index in [0.717, 1.165) is 5.56 Å². The fourth-order valence-corrected chi connectivity index (χ4v) is 1.94. The normalized spacial score (nSPS) is 15.0. The summed E-state index contributed by atoms with van der Waals surface area (Å²) in [6.07, 6.45) is 0. The van der Waals surface area contributed by atoms with Crippen molar-refractivity contribution < 1.29 is 9.18 Å². The molecule has 0 aromatic heterocycles. The summed E-state index contributed by atoms with van der Waals surface area (Å²) >= 11 is 0. The first-order chi connectivity index (χ1) is 7.00. The van der Waals surface area contributed by atoms with Gasteiger partial charge >= 0.3 is 0 Å². The van der Waals surface area contributed by atoms with Gasteiger partial charge in [0.1, 0.15) is 5.82 Å². The average molecular weight is 207 g/mol. The van der Waals surface area contributed by atoms with Crippen LogP contribution in [-0.2, 0) is 6.54 Å². The molecule has 0 saturated heterocycles. The van der Waals surface area contributed by atoms with Gasteiger partial charge in [0, 0.05) is 19.2 Å². The number of halogens is 1. The third-order valence-electron chi connectivity index (χ3n) is 2.83. The van der Waals surface area contributed by atoms with Crippen LogP contribution in [0.3, 0.4) is 0 Å². The molecule has 1 amide bonds. The second-order valence-corrected chi connectivity index (χ2v) is 4.35. The van der Waals surface area contributed by atoms with Crippen LogP contribution >= 0.6 is 0 Å². The van der Waals surface area contributed by atoms with Gasteiger partial charge in [-0.3, -0.25) is 4.79 Å². The number of amides is 1. The summed E-state index contributed by atoms with van der Waals surface area (Å²) in [5.74, 6) is -0.206. The molecule has 1 aromatic carbocycles. The van der Waals surface area contributed by atoms with Crippen molar-refractivity contribution in [2.45, 2.75) is 26.3 Å². The monoisotopic (exact) mass is 207 g/mol. The minimum atomic E-state index is -0.271. The maximum absolute atomic E-state index is 13.6. The molecule has 1 heterocycles. The fraction of sp³-hybridized carbons (Fsp3) is 0.417. The first kappa shape index (κ1) is 10.1. The molecule has 0 atom stereocenters. The smallest absolute Gasteiger partial charge is 0.254 e. The number of rotatable bonds is 1. The van der Waals surface area contributed by atoms with Crippen molar-refractivity contribution >= 4 is 5.91 Å². The Balaban J connectivity index is 2.54. The van der Waals surface area contributed by atoms with Gasteiger partial charge in [-0.1, -0.05) is 19.9 Å². The number of benzene rings is 1. The van der Waals surface area contributed by atoms with E-state index in [1.54, 1.807) is 11.9 Å². The number of hydrogen-bond donors (Lipinski definition) is 0. The molecule has 3 heteroatoms. The van der Waals surface area contributed by atoms with Crippen LogP contribution in [0, 0.1) is 5.82 Å². The molecule has 0 unspecified atom stereocenters. The maximum Gasteiger partial charge on any atom is 0.254 e. The lowest BCUT2D eigenvalue weighted by Gasteiger charge is -2.08. The largest absolute Gasteiger partial charge is 0.337 e. The van der Waals surface area contributed by atoms with E-state index in [-0.39, 0.29) is 17.6 Å². The van der Waals surface area contributed by atoms with Gasteiger partial charge in [0.2, 0.25) is 0 Å². The molecule has 15 heavy (non-hydrogen) atoms. The van der Waals surface area contributed by atoms with Gasteiger partial charge in [-0.2, -0.15) is 0 Å². The van der Waals surface area contributed by atoms with Crippen LogP contribution in [-0.4, -0.2) is 17.9 Å². The van der Waals surface area contributed by atoms with Crippen LogP contribution in [0.25, 0.3) is 0 Å². The molecule has 0 radical (unpaired) electrons. The second-order valence-electron chi connectivity index (χ2n) is 4.35. The predicted molar refractivity (Wildman–Crippen MR) is 56.3 cm³/mol. The van der Waals surface area contributed by atoms with Gasteiger partial charge in [0.05, 0.1) is 0 Å². The predicted octanol–water partition coefficient (Wildman–Crippen LogP) is 2.53. The second kappa shape index (κ2) is 3.33. The van der Waals surface area contributed by atoms with Crippen LogP contribution in [0.2, 0.25) is 0 Å². The van der Waals surface area contributed by atoms with Crippen LogP contribution in [0.15, 0.2) is 12.1 Å². The van der Waals surface area contributed by atoms with E-state index in [1.165, 1.54) is 6.07 Å². The summed E-state index contributed by atoms with van der Waals surface area (Å²) in [5.41, 5.74) is 2.14. The fourth-order valence-electron chi connectivity index (χ4n) is 1.94. The molecule has 0 fully saturated rings. The topological polar surface area (TPSA) is 20.3 Å². The highest BCUT2D eigenvalue weighted by atomic mass is 19.1. The summed E-state index contributed by atoms with van der Waals surface area (Å²) in [6.45, 7) is 4.49. The molecular formula is C12H14FNO. The highest BCUT2D eigenvalue weighted by Crippen LogP contribution is 2.28. The van der Waals surface area contributed by atoms with Crippen molar-refractivity contribution in [3.63, 3.8) is 0 Å². The van der Waals surface area contributed by atoms with Crippen molar-refractivity contribution in [2.75, 3.05) is 7.05 Å². The van der Waals surface area contributed by atoms with Crippen molar-refractivity contribution in [1.82, 2.24) is 4.90 Å².